The summed E-state index contributed by atoms with van der Waals surface area (Å²) in [5.74, 6) is 1.32. The zero-order chi connectivity index (χ0) is 12.6. The molecular weight excluding hydrogens is 222 g/mol. The molecule has 3 N–H and O–H groups in total. The quantitative estimate of drug-likeness (QED) is 0.804. The van der Waals surface area contributed by atoms with Crippen LogP contribution >= 0.6 is 0 Å². The van der Waals surface area contributed by atoms with Crippen molar-refractivity contribution in [3.05, 3.63) is 11.7 Å². The minimum Gasteiger partial charge on any atom is -0.394 e. The van der Waals surface area contributed by atoms with Gasteiger partial charge in [0.05, 0.1) is 30.8 Å². The monoisotopic (exact) mass is 241 g/mol. The van der Waals surface area contributed by atoms with Crippen molar-refractivity contribution in [2.24, 2.45) is 11.7 Å². The summed E-state index contributed by atoms with van der Waals surface area (Å²) in [6.07, 6.45) is 0.232. The molecule has 6 heteroatoms. The number of nitrogens with zero attached hydrogens (tertiary/aromatic N) is 2. The zero-order valence-electron chi connectivity index (χ0n) is 10.3. The van der Waals surface area contributed by atoms with Crippen molar-refractivity contribution in [2.45, 2.75) is 44.9 Å². The molecule has 0 spiro atoms. The van der Waals surface area contributed by atoms with Gasteiger partial charge in [0.1, 0.15) is 0 Å². The van der Waals surface area contributed by atoms with Crippen molar-refractivity contribution in [2.75, 3.05) is 6.61 Å². The van der Waals surface area contributed by atoms with Gasteiger partial charge in [0, 0.05) is 0 Å². The average molecular weight is 241 g/mol. The predicted octanol–water partition coefficient (Wildman–Crippen LogP) is 0.589. The zero-order valence-corrected chi connectivity index (χ0v) is 10.3. The molecule has 0 saturated carbocycles. The number of ether oxygens (including phenoxy) is 1. The summed E-state index contributed by atoms with van der Waals surface area (Å²) in [5, 5.41) is 12.7. The summed E-state index contributed by atoms with van der Waals surface area (Å²) in [5.41, 5.74) is 5.64. The second-order valence-corrected chi connectivity index (χ2v) is 4.71. The van der Waals surface area contributed by atoms with Crippen LogP contribution in [-0.4, -0.2) is 34.1 Å². The molecule has 0 aromatic carbocycles. The van der Waals surface area contributed by atoms with Crippen LogP contribution in [0.25, 0.3) is 0 Å². The van der Waals surface area contributed by atoms with Gasteiger partial charge in [0.15, 0.2) is 5.82 Å². The first-order chi connectivity index (χ1) is 8.04. The van der Waals surface area contributed by atoms with E-state index in [0.717, 1.165) is 0 Å². The molecule has 0 bridgehead atoms. The average Bonchev–Trinajstić information content (AvgIpc) is 2.85. The maximum atomic E-state index is 8.94. The van der Waals surface area contributed by atoms with Crippen LogP contribution in [0.15, 0.2) is 4.52 Å². The molecule has 1 aliphatic heterocycles. The Hall–Kier alpha value is -0.980. The molecule has 1 aromatic rings. The lowest BCUT2D eigenvalue weighted by molar-refractivity contribution is 0.0542. The van der Waals surface area contributed by atoms with E-state index in [0.29, 0.717) is 17.6 Å². The van der Waals surface area contributed by atoms with E-state index in [-0.39, 0.29) is 24.7 Å². The van der Waals surface area contributed by atoms with E-state index in [4.69, 9.17) is 20.1 Å². The van der Waals surface area contributed by atoms with Gasteiger partial charge < -0.3 is 20.1 Å². The van der Waals surface area contributed by atoms with Crippen molar-refractivity contribution in [3.8, 4) is 0 Å². The van der Waals surface area contributed by atoms with E-state index in [1.807, 2.05) is 13.8 Å². The van der Waals surface area contributed by atoms with Gasteiger partial charge in [-0.3, -0.25) is 0 Å². The van der Waals surface area contributed by atoms with Gasteiger partial charge in [0.25, 0.3) is 0 Å². The Bertz CT molecular complexity index is 382. The summed E-state index contributed by atoms with van der Waals surface area (Å²) in [6, 6.07) is -0.585. The third kappa shape index (κ3) is 2.20. The van der Waals surface area contributed by atoms with Crippen molar-refractivity contribution in [3.63, 3.8) is 0 Å². The molecule has 6 nitrogen and oxygen atoms in total. The highest BCUT2D eigenvalue weighted by Crippen LogP contribution is 2.39. The Kier molecular flexibility index (Phi) is 3.46. The molecule has 17 heavy (non-hydrogen) atoms. The maximum absolute atomic E-state index is 8.94. The fourth-order valence-corrected chi connectivity index (χ4v) is 2.31. The fourth-order valence-electron chi connectivity index (χ4n) is 2.31. The minimum absolute atomic E-state index is 0.0543. The van der Waals surface area contributed by atoms with E-state index >= 15 is 0 Å². The van der Waals surface area contributed by atoms with Gasteiger partial charge >= 0.3 is 0 Å². The smallest absolute Gasteiger partial charge is 0.232 e. The normalized spacial score (nSPS) is 35.1. The second-order valence-electron chi connectivity index (χ2n) is 4.71. The fraction of sp³-hybridized carbons (Fsp3) is 0.818. The van der Waals surface area contributed by atoms with Crippen molar-refractivity contribution in [1.82, 2.24) is 10.1 Å². The summed E-state index contributed by atoms with van der Waals surface area (Å²) in [7, 11) is 0. The maximum Gasteiger partial charge on any atom is 0.232 e. The van der Waals surface area contributed by atoms with Crippen LogP contribution < -0.4 is 5.73 Å². The highest BCUT2D eigenvalue weighted by molar-refractivity contribution is 5.05. The topological polar surface area (TPSA) is 94.4 Å². The second kappa shape index (κ2) is 4.72. The summed E-state index contributed by atoms with van der Waals surface area (Å²) < 4.78 is 11.0. The lowest BCUT2D eigenvalue weighted by atomic mass is 9.89. The Balaban J connectivity index is 2.20. The van der Waals surface area contributed by atoms with Crippen LogP contribution in [0.2, 0.25) is 0 Å². The van der Waals surface area contributed by atoms with Crippen LogP contribution in [0.3, 0.4) is 0 Å². The summed E-state index contributed by atoms with van der Waals surface area (Å²) in [6.45, 7) is 5.95. The van der Waals surface area contributed by atoms with Gasteiger partial charge in [-0.1, -0.05) is 12.1 Å². The Morgan fingerprint density at radius 1 is 1.35 bits per heavy atom. The van der Waals surface area contributed by atoms with Gasteiger partial charge in [-0.2, -0.15) is 4.98 Å². The highest BCUT2D eigenvalue weighted by Gasteiger charge is 2.41. The molecular formula is C11H19N3O3. The van der Waals surface area contributed by atoms with Crippen molar-refractivity contribution < 1.29 is 14.4 Å². The van der Waals surface area contributed by atoms with E-state index in [1.54, 1.807) is 0 Å². The van der Waals surface area contributed by atoms with Gasteiger partial charge in [-0.25, -0.2) is 0 Å². The number of aromatic nitrogens is 2. The van der Waals surface area contributed by atoms with Crippen LogP contribution in [-0.2, 0) is 4.74 Å². The molecule has 0 aliphatic carbocycles. The lowest BCUT2D eigenvalue weighted by Gasteiger charge is -2.13. The van der Waals surface area contributed by atoms with E-state index in [2.05, 4.69) is 17.1 Å². The third-order valence-corrected chi connectivity index (χ3v) is 3.51. The Morgan fingerprint density at radius 2 is 2.06 bits per heavy atom. The molecule has 1 aliphatic rings. The molecule has 0 amide bonds. The molecule has 2 heterocycles. The van der Waals surface area contributed by atoms with Crippen LogP contribution in [0.1, 0.15) is 44.4 Å². The SMILES string of the molecule is CC1OC(C)C(c2nc(C(N)CO)no2)C1C. The van der Waals surface area contributed by atoms with E-state index in [9.17, 15) is 0 Å². The number of aliphatic hydroxyl groups excluding tert-OH is 1. The molecule has 2 rings (SSSR count). The predicted molar refractivity (Wildman–Crippen MR) is 60.2 cm³/mol. The van der Waals surface area contributed by atoms with E-state index < -0.39 is 6.04 Å². The molecule has 0 radical (unpaired) electrons. The number of rotatable bonds is 3. The molecule has 1 fully saturated rings. The lowest BCUT2D eigenvalue weighted by Crippen LogP contribution is -2.18. The first-order valence-electron chi connectivity index (χ1n) is 5.90. The molecule has 1 aromatic heterocycles. The molecule has 5 atom stereocenters. The van der Waals surface area contributed by atoms with Crippen molar-refractivity contribution >= 4 is 0 Å². The first kappa shape index (κ1) is 12.5. The number of nitrogens with two attached hydrogens (primary N) is 1. The van der Waals surface area contributed by atoms with Crippen LogP contribution in [0.5, 0.6) is 0 Å². The van der Waals surface area contributed by atoms with Gasteiger partial charge in [0.2, 0.25) is 5.89 Å². The molecule has 96 valence electrons. The number of hydrogen-bond donors (Lipinski definition) is 2. The van der Waals surface area contributed by atoms with Gasteiger partial charge in [-0.05, 0) is 19.8 Å². The number of hydrogen-bond acceptors (Lipinski definition) is 6. The largest absolute Gasteiger partial charge is 0.394 e. The van der Waals surface area contributed by atoms with Gasteiger partial charge in [-0.15, -0.1) is 0 Å². The van der Waals surface area contributed by atoms with E-state index in [1.165, 1.54) is 0 Å². The van der Waals surface area contributed by atoms with Crippen LogP contribution in [0, 0.1) is 5.92 Å². The first-order valence-corrected chi connectivity index (χ1v) is 5.90. The third-order valence-electron chi connectivity index (χ3n) is 3.51. The molecule has 1 saturated heterocycles. The number of aliphatic hydroxyl groups is 1. The Morgan fingerprint density at radius 3 is 2.59 bits per heavy atom. The summed E-state index contributed by atoms with van der Waals surface area (Å²) >= 11 is 0. The highest BCUT2D eigenvalue weighted by atomic mass is 16.5. The molecule has 5 unspecified atom stereocenters. The Labute approximate surface area is 100 Å². The van der Waals surface area contributed by atoms with Crippen molar-refractivity contribution in [1.29, 1.82) is 0 Å². The van der Waals surface area contributed by atoms with Crippen LogP contribution in [0.4, 0.5) is 0 Å². The standard InChI is InChI=1S/C11H19N3O3/c1-5-6(2)16-7(3)9(5)11-13-10(14-17-11)8(12)4-15/h5-9,15H,4,12H2,1-3H3. The minimum atomic E-state index is -0.585. The summed E-state index contributed by atoms with van der Waals surface area (Å²) in [4.78, 5) is 4.26.